The van der Waals surface area contributed by atoms with E-state index in [-0.39, 0.29) is 21.8 Å². The van der Waals surface area contributed by atoms with E-state index in [9.17, 15) is 13.6 Å². The molecule has 3 nitrogen and oxygen atoms in total. The van der Waals surface area contributed by atoms with Crippen LogP contribution in [0.15, 0.2) is 42.6 Å². The Morgan fingerprint density at radius 1 is 1.24 bits per heavy atom. The molecule has 0 atom stereocenters. The number of nitrogens with one attached hydrogen (secondary N) is 2. The Balaban J connectivity index is 1.58. The zero-order valence-corrected chi connectivity index (χ0v) is 14.0. The van der Waals surface area contributed by atoms with Crippen LogP contribution in [0, 0.1) is 11.6 Å². The average molecular weight is 361 g/mol. The average Bonchev–Trinajstić information content (AvgIpc) is 3.25. The summed E-state index contributed by atoms with van der Waals surface area (Å²) in [4.78, 5) is 15.5. The second-order valence-corrected chi connectivity index (χ2v) is 6.86. The van der Waals surface area contributed by atoms with Gasteiger partial charge in [-0.25, -0.2) is 8.78 Å². The van der Waals surface area contributed by atoms with Crippen molar-refractivity contribution in [3.8, 4) is 0 Å². The Morgan fingerprint density at radius 2 is 2.04 bits per heavy atom. The first-order valence-electron chi connectivity index (χ1n) is 7.99. The molecular weight excluding hydrogens is 346 g/mol. The molecule has 4 rings (SSSR count). The lowest BCUT2D eigenvalue weighted by Gasteiger charge is -2.16. The summed E-state index contributed by atoms with van der Waals surface area (Å²) >= 11 is 5.94. The first-order chi connectivity index (χ1) is 12.0. The molecule has 25 heavy (non-hydrogen) atoms. The van der Waals surface area contributed by atoms with E-state index in [0.717, 1.165) is 29.3 Å². The van der Waals surface area contributed by atoms with E-state index in [1.165, 1.54) is 30.3 Å². The lowest BCUT2D eigenvalue weighted by molar-refractivity contribution is 0.0946. The lowest BCUT2D eigenvalue weighted by atomic mass is 9.95. The predicted molar refractivity (Wildman–Crippen MR) is 92.9 cm³/mol. The summed E-state index contributed by atoms with van der Waals surface area (Å²) in [6.07, 6.45) is 3.61. The van der Waals surface area contributed by atoms with Crippen LogP contribution in [-0.4, -0.2) is 17.4 Å². The van der Waals surface area contributed by atoms with Gasteiger partial charge in [0.15, 0.2) is 0 Å². The normalized spacial score (nSPS) is 15.3. The standard InChI is InChI=1S/C19H15ClF2N2O/c20-14-2-1-3-15(22)17(14)18(25)24-10-19(6-7-19)13-9-23-16-5-4-11(21)8-12(13)16/h1-5,8-9,23H,6-7,10H2,(H,24,25). The van der Waals surface area contributed by atoms with Crippen LogP contribution in [0.1, 0.15) is 28.8 Å². The van der Waals surface area contributed by atoms with Gasteiger partial charge < -0.3 is 10.3 Å². The maximum atomic E-state index is 13.9. The molecule has 1 amide bonds. The van der Waals surface area contributed by atoms with Crippen LogP contribution < -0.4 is 5.32 Å². The summed E-state index contributed by atoms with van der Waals surface area (Å²) in [5.74, 6) is -1.49. The third-order valence-electron chi connectivity index (χ3n) is 4.85. The summed E-state index contributed by atoms with van der Waals surface area (Å²) in [5, 5.41) is 3.68. The molecule has 1 aliphatic carbocycles. The van der Waals surface area contributed by atoms with Gasteiger partial charge in [-0.2, -0.15) is 0 Å². The molecule has 2 N–H and O–H groups in total. The second-order valence-electron chi connectivity index (χ2n) is 6.45. The lowest BCUT2D eigenvalue weighted by Crippen LogP contribution is -2.32. The number of carbonyl (C=O) groups is 1. The molecule has 2 aromatic carbocycles. The van der Waals surface area contributed by atoms with Gasteiger partial charge in [0.1, 0.15) is 11.6 Å². The zero-order valence-electron chi connectivity index (χ0n) is 13.2. The van der Waals surface area contributed by atoms with Crippen LogP contribution in [0.2, 0.25) is 5.02 Å². The molecule has 1 aromatic heterocycles. The van der Waals surface area contributed by atoms with Crippen LogP contribution in [-0.2, 0) is 5.41 Å². The van der Waals surface area contributed by atoms with E-state index in [0.29, 0.717) is 6.54 Å². The maximum Gasteiger partial charge on any atom is 0.255 e. The van der Waals surface area contributed by atoms with Crippen molar-refractivity contribution in [2.45, 2.75) is 18.3 Å². The van der Waals surface area contributed by atoms with Gasteiger partial charge in [0.05, 0.1) is 10.6 Å². The third-order valence-corrected chi connectivity index (χ3v) is 5.16. The molecule has 0 bridgehead atoms. The molecule has 1 aliphatic rings. The number of aromatic nitrogens is 1. The van der Waals surface area contributed by atoms with Gasteiger partial charge in [-0.05, 0) is 48.7 Å². The molecule has 128 valence electrons. The molecule has 0 unspecified atom stereocenters. The Labute approximate surface area is 148 Å². The fraction of sp³-hybridized carbons (Fsp3) is 0.211. The van der Waals surface area contributed by atoms with Gasteiger partial charge in [0, 0.05) is 29.1 Å². The first kappa shape index (κ1) is 16.1. The number of benzene rings is 2. The van der Waals surface area contributed by atoms with Gasteiger partial charge in [0.2, 0.25) is 0 Å². The third kappa shape index (κ3) is 2.78. The van der Waals surface area contributed by atoms with Crippen LogP contribution in [0.5, 0.6) is 0 Å². The van der Waals surface area contributed by atoms with Gasteiger partial charge in [0.25, 0.3) is 5.91 Å². The zero-order chi connectivity index (χ0) is 17.6. The molecule has 3 aromatic rings. The van der Waals surface area contributed by atoms with Crippen molar-refractivity contribution >= 4 is 28.4 Å². The highest BCUT2D eigenvalue weighted by atomic mass is 35.5. The number of rotatable bonds is 4. The largest absolute Gasteiger partial charge is 0.361 e. The summed E-state index contributed by atoms with van der Waals surface area (Å²) in [6.45, 7) is 0.347. The molecule has 1 heterocycles. The summed E-state index contributed by atoms with van der Waals surface area (Å²) in [6, 6.07) is 8.74. The highest BCUT2D eigenvalue weighted by molar-refractivity contribution is 6.33. The fourth-order valence-electron chi connectivity index (χ4n) is 3.28. The number of halogens is 3. The van der Waals surface area contributed by atoms with E-state index in [1.54, 1.807) is 6.07 Å². The molecule has 0 aliphatic heterocycles. The van der Waals surface area contributed by atoms with Crippen LogP contribution in [0.3, 0.4) is 0 Å². The highest BCUT2D eigenvalue weighted by Crippen LogP contribution is 2.50. The molecule has 1 fully saturated rings. The van der Waals surface area contributed by atoms with E-state index in [4.69, 9.17) is 11.6 Å². The number of amides is 1. The van der Waals surface area contributed by atoms with Crippen LogP contribution >= 0.6 is 11.6 Å². The van der Waals surface area contributed by atoms with E-state index in [2.05, 4.69) is 10.3 Å². The van der Waals surface area contributed by atoms with Gasteiger partial charge in [-0.3, -0.25) is 4.79 Å². The number of fused-ring (bicyclic) bond motifs is 1. The summed E-state index contributed by atoms with van der Waals surface area (Å²) < 4.78 is 27.5. The SMILES string of the molecule is O=C(NCC1(c2c[nH]c3ccc(F)cc23)CC1)c1c(F)cccc1Cl. The number of hydrogen-bond acceptors (Lipinski definition) is 1. The molecule has 6 heteroatoms. The molecular formula is C19H15ClF2N2O. The van der Waals surface area contributed by atoms with Crippen molar-refractivity contribution in [3.05, 3.63) is 70.4 Å². The summed E-state index contributed by atoms with van der Waals surface area (Å²) in [5.41, 5.74) is 1.43. The van der Waals surface area contributed by atoms with Crippen molar-refractivity contribution in [2.24, 2.45) is 0 Å². The van der Waals surface area contributed by atoms with Crippen LogP contribution in [0.4, 0.5) is 8.78 Å². The summed E-state index contributed by atoms with van der Waals surface area (Å²) in [7, 11) is 0. The Kier molecular flexibility index (Phi) is 3.76. The van der Waals surface area contributed by atoms with Crippen molar-refractivity contribution in [2.75, 3.05) is 6.54 Å². The van der Waals surface area contributed by atoms with Crippen molar-refractivity contribution in [3.63, 3.8) is 0 Å². The Hall–Kier alpha value is -2.40. The molecule has 0 saturated heterocycles. The molecule has 0 radical (unpaired) electrons. The minimum absolute atomic E-state index is 0.0801. The highest BCUT2D eigenvalue weighted by Gasteiger charge is 2.46. The Morgan fingerprint density at radius 3 is 2.76 bits per heavy atom. The van der Waals surface area contributed by atoms with Crippen molar-refractivity contribution in [1.29, 1.82) is 0 Å². The van der Waals surface area contributed by atoms with E-state index in [1.807, 2.05) is 6.20 Å². The van der Waals surface area contributed by atoms with Gasteiger partial charge >= 0.3 is 0 Å². The predicted octanol–water partition coefficient (Wildman–Crippen LogP) is 4.56. The van der Waals surface area contributed by atoms with Gasteiger partial charge in [-0.1, -0.05) is 17.7 Å². The minimum Gasteiger partial charge on any atom is -0.361 e. The van der Waals surface area contributed by atoms with Crippen LogP contribution in [0.25, 0.3) is 10.9 Å². The fourth-order valence-corrected chi connectivity index (χ4v) is 3.53. The number of aromatic amines is 1. The smallest absolute Gasteiger partial charge is 0.255 e. The topological polar surface area (TPSA) is 44.9 Å². The Bertz CT molecular complexity index is 958. The van der Waals surface area contributed by atoms with E-state index >= 15 is 0 Å². The van der Waals surface area contributed by atoms with Gasteiger partial charge in [-0.15, -0.1) is 0 Å². The van der Waals surface area contributed by atoms with Crippen molar-refractivity contribution in [1.82, 2.24) is 10.3 Å². The molecule has 1 saturated carbocycles. The quantitative estimate of drug-likeness (QED) is 0.703. The molecule has 0 spiro atoms. The van der Waals surface area contributed by atoms with Crippen molar-refractivity contribution < 1.29 is 13.6 Å². The van der Waals surface area contributed by atoms with E-state index < -0.39 is 11.7 Å². The number of H-pyrrole nitrogens is 1. The number of carbonyl (C=O) groups excluding carboxylic acids is 1. The maximum absolute atomic E-state index is 13.9. The number of hydrogen-bond donors (Lipinski definition) is 2. The first-order valence-corrected chi connectivity index (χ1v) is 8.37. The second kappa shape index (κ2) is 5.85. The monoisotopic (exact) mass is 360 g/mol. The minimum atomic E-state index is -0.649.